The molecular weight excluding hydrogens is 411 g/mol. The average molecular weight is 443 g/mol. The van der Waals surface area contributed by atoms with Gasteiger partial charge in [0.15, 0.2) is 0 Å². The summed E-state index contributed by atoms with van der Waals surface area (Å²) in [7, 11) is -0.628. The summed E-state index contributed by atoms with van der Waals surface area (Å²) in [5.41, 5.74) is 3.82. The van der Waals surface area contributed by atoms with Crippen LogP contribution in [0.3, 0.4) is 0 Å². The Bertz CT molecular complexity index is 1010. The molecule has 1 fully saturated rings. The number of aromatic nitrogens is 1. The quantitative estimate of drug-likeness (QED) is 0.633. The van der Waals surface area contributed by atoms with Crippen LogP contribution in [-0.2, 0) is 13.9 Å². The van der Waals surface area contributed by atoms with Crippen LogP contribution in [0.1, 0.15) is 38.4 Å². The molecule has 2 aliphatic heterocycles. The first kappa shape index (κ1) is 21.8. The fourth-order valence-corrected chi connectivity index (χ4v) is 5.58. The molecule has 1 amide bonds. The fourth-order valence-electron chi connectivity index (χ4n) is 4.00. The summed E-state index contributed by atoms with van der Waals surface area (Å²) in [6.07, 6.45) is 4.13. The van der Waals surface area contributed by atoms with E-state index in [-0.39, 0.29) is 12.0 Å². The lowest BCUT2D eigenvalue weighted by Crippen LogP contribution is -2.44. The third-order valence-corrected chi connectivity index (χ3v) is 7.71. The smallest absolute Gasteiger partial charge is 0.246 e. The average Bonchev–Trinajstić information content (AvgIpc) is 3.10. The van der Waals surface area contributed by atoms with Gasteiger partial charge in [0.25, 0.3) is 0 Å². The highest BCUT2D eigenvalue weighted by molar-refractivity contribution is 7.58. The molecule has 4 rings (SSSR count). The van der Waals surface area contributed by atoms with Crippen molar-refractivity contribution in [3.63, 3.8) is 0 Å². The predicted molar refractivity (Wildman–Crippen MR) is 126 cm³/mol. The number of fused-ring (bicyclic) bond motifs is 1. The molecule has 0 spiro atoms. The van der Waals surface area contributed by atoms with E-state index in [1.54, 1.807) is 24.8 Å². The number of rotatable bonds is 6. The highest BCUT2D eigenvalue weighted by Crippen LogP contribution is 2.55. The van der Waals surface area contributed by atoms with Crippen molar-refractivity contribution >= 4 is 36.2 Å². The lowest BCUT2D eigenvalue weighted by molar-refractivity contribution is -0.117. The second-order valence-electron chi connectivity index (χ2n) is 8.98. The molecule has 166 valence electrons. The van der Waals surface area contributed by atoms with Crippen LogP contribution < -0.4 is 15.1 Å². The second-order valence-corrected chi connectivity index (χ2v) is 11.7. The Morgan fingerprint density at radius 3 is 2.65 bits per heavy atom. The van der Waals surface area contributed by atoms with Gasteiger partial charge in [-0.3, -0.25) is 9.36 Å². The zero-order valence-electron chi connectivity index (χ0n) is 18.7. The molecule has 1 aromatic heterocycles. The molecule has 7 nitrogen and oxygen atoms in total. The minimum absolute atomic E-state index is 0.0834. The molecule has 8 heteroatoms. The minimum Gasteiger partial charge on any atom is -0.360 e. The van der Waals surface area contributed by atoms with E-state index in [9.17, 15) is 9.36 Å². The van der Waals surface area contributed by atoms with Crippen molar-refractivity contribution in [2.24, 2.45) is 5.92 Å². The molecule has 2 atom stereocenters. The van der Waals surface area contributed by atoms with E-state index in [1.165, 1.54) is 0 Å². The summed E-state index contributed by atoms with van der Waals surface area (Å²) in [5, 5.41) is 3.36. The van der Waals surface area contributed by atoms with E-state index in [2.05, 4.69) is 29.0 Å². The van der Waals surface area contributed by atoms with E-state index in [0.29, 0.717) is 18.6 Å². The van der Waals surface area contributed by atoms with E-state index in [0.717, 1.165) is 47.8 Å². The molecule has 2 aromatic rings. The second kappa shape index (κ2) is 8.64. The van der Waals surface area contributed by atoms with E-state index >= 15 is 0 Å². The Labute approximate surface area is 184 Å². The molecule has 1 aromatic carbocycles. The number of anilines is 4. The standard InChI is InChI=1S/C23H31N4O3P/c1-16(2)9-11-27-15-23(28)26(3)20-14-24-22(13-19(20)27)25-18-7-5-17(6-8-18)21-10-12-31(4,29)30-21/h5-8,13-14,16,21H,9-12,15H2,1-4H3,(H,24,25). The van der Waals surface area contributed by atoms with Crippen LogP contribution in [-0.4, -0.2) is 43.9 Å². The molecule has 0 bridgehead atoms. The van der Waals surface area contributed by atoms with Crippen molar-refractivity contribution in [1.82, 2.24) is 4.98 Å². The van der Waals surface area contributed by atoms with Gasteiger partial charge < -0.3 is 19.6 Å². The molecule has 0 radical (unpaired) electrons. The lowest BCUT2D eigenvalue weighted by Gasteiger charge is -2.35. The molecule has 1 saturated heterocycles. The summed E-state index contributed by atoms with van der Waals surface area (Å²) in [6.45, 7) is 7.32. The van der Waals surface area contributed by atoms with Crippen molar-refractivity contribution < 1.29 is 13.9 Å². The minimum atomic E-state index is -2.43. The van der Waals surface area contributed by atoms with Crippen LogP contribution in [0.5, 0.6) is 0 Å². The number of pyridine rings is 1. The number of hydrogen-bond acceptors (Lipinski definition) is 6. The number of carbonyl (C=O) groups is 1. The monoisotopic (exact) mass is 442 g/mol. The highest BCUT2D eigenvalue weighted by atomic mass is 31.2. The topological polar surface area (TPSA) is 74.8 Å². The van der Waals surface area contributed by atoms with Crippen LogP contribution in [0.15, 0.2) is 36.5 Å². The third-order valence-electron chi connectivity index (χ3n) is 5.94. The van der Waals surface area contributed by atoms with Gasteiger partial charge in [-0.2, -0.15) is 0 Å². The first-order valence-corrected chi connectivity index (χ1v) is 13.1. The molecule has 2 aliphatic rings. The zero-order chi connectivity index (χ0) is 22.2. The Morgan fingerprint density at radius 1 is 1.26 bits per heavy atom. The van der Waals surface area contributed by atoms with Crippen LogP contribution >= 0.6 is 7.37 Å². The van der Waals surface area contributed by atoms with Crippen molar-refractivity contribution in [2.45, 2.75) is 32.8 Å². The van der Waals surface area contributed by atoms with Crippen LogP contribution in [0.4, 0.5) is 22.9 Å². The van der Waals surface area contributed by atoms with Gasteiger partial charge in [-0.25, -0.2) is 4.98 Å². The van der Waals surface area contributed by atoms with Gasteiger partial charge in [0.1, 0.15) is 5.82 Å². The largest absolute Gasteiger partial charge is 0.360 e. The lowest BCUT2D eigenvalue weighted by atomic mass is 10.1. The van der Waals surface area contributed by atoms with Gasteiger partial charge in [0, 0.05) is 38.2 Å². The number of nitrogens with one attached hydrogen (secondary N) is 1. The first-order valence-electron chi connectivity index (χ1n) is 10.9. The molecular formula is C23H31N4O3P. The number of carbonyl (C=O) groups excluding carboxylic acids is 1. The summed E-state index contributed by atoms with van der Waals surface area (Å²) < 4.78 is 17.8. The van der Waals surface area contributed by atoms with Gasteiger partial charge in [0.2, 0.25) is 13.3 Å². The van der Waals surface area contributed by atoms with E-state index < -0.39 is 7.37 Å². The Balaban J connectivity index is 1.51. The van der Waals surface area contributed by atoms with Crippen molar-refractivity contribution in [2.75, 3.05) is 48.1 Å². The Morgan fingerprint density at radius 2 is 2.00 bits per heavy atom. The van der Waals surface area contributed by atoms with Crippen LogP contribution in [0.2, 0.25) is 0 Å². The summed E-state index contributed by atoms with van der Waals surface area (Å²) in [4.78, 5) is 20.7. The number of benzene rings is 1. The molecule has 0 aliphatic carbocycles. The van der Waals surface area contributed by atoms with Gasteiger partial charge in [-0.15, -0.1) is 0 Å². The van der Waals surface area contributed by atoms with Gasteiger partial charge in [-0.1, -0.05) is 26.0 Å². The van der Waals surface area contributed by atoms with Crippen LogP contribution in [0.25, 0.3) is 0 Å². The third kappa shape index (κ3) is 4.94. The maximum absolute atomic E-state index is 12.4. The van der Waals surface area contributed by atoms with Crippen molar-refractivity contribution in [3.8, 4) is 0 Å². The van der Waals surface area contributed by atoms with Gasteiger partial charge in [-0.05, 0) is 36.5 Å². The van der Waals surface area contributed by atoms with Crippen molar-refractivity contribution in [3.05, 3.63) is 42.1 Å². The maximum atomic E-state index is 12.4. The van der Waals surface area contributed by atoms with Gasteiger partial charge >= 0.3 is 0 Å². The first-order chi connectivity index (χ1) is 14.7. The van der Waals surface area contributed by atoms with E-state index in [1.807, 2.05) is 30.3 Å². The SMILES string of the molecule is CC(C)CCN1CC(=O)N(C)c2cnc(Nc3ccc(C4CCP(C)(=O)O4)cc3)cc21. The number of hydrogen-bond donors (Lipinski definition) is 1. The predicted octanol–water partition coefficient (Wildman–Crippen LogP) is 5.02. The number of nitrogens with zero attached hydrogens (tertiary/aromatic N) is 3. The molecule has 31 heavy (non-hydrogen) atoms. The van der Waals surface area contributed by atoms with Crippen molar-refractivity contribution in [1.29, 1.82) is 0 Å². The summed E-state index contributed by atoms with van der Waals surface area (Å²) >= 11 is 0. The van der Waals surface area contributed by atoms with Crippen LogP contribution in [0, 0.1) is 5.92 Å². The Hall–Kier alpha value is -2.37. The Kier molecular flexibility index (Phi) is 6.09. The molecule has 2 unspecified atom stereocenters. The summed E-state index contributed by atoms with van der Waals surface area (Å²) in [6, 6.07) is 10.0. The summed E-state index contributed by atoms with van der Waals surface area (Å²) in [5.74, 6) is 1.39. The molecule has 0 saturated carbocycles. The number of likely N-dealkylation sites (N-methyl/N-ethyl adjacent to an activating group) is 1. The molecule has 3 heterocycles. The number of amides is 1. The highest BCUT2D eigenvalue weighted by Gasteiger charge is 2.31. The van der Waals surface area contributed by atoms with Gasteiger partial charge in [0.05, 0.1) is 30.2 Å². The van der Waals surface area contributed by atoms with E-state index in [4.69, 9.17) is 4.52 Å². The normalized spacial score (nSPS) is 23.4. The maximum Gasteiger partial charge on any atom is 0.246 e. The zero-order valence-corrected chi connectivity index (χ0v) is 19.6. The fraction of sp³-hybridized carbons (Fsp3) is 0.478. The molecule has 1 N–H and O–H groups in total.